The summed E-state index contributed by atoms with van der Waals surface area (Å²) in [7, 11) is 1.70. The Kier molecular flexibility index (Phi) is 8.42. The van der Waals surface area contributed by atoms with E-state index in [0.717, 1.165) is 45.6 Å². The quantitative estimate of drug-likeness (QED) is 0.605. The van der Waals surface area contributed by atoms with Crippen LogP contribution < -0.4 is 15.5 Å². The van der Waals surface area contributed by atoms with Gasteiger partial charge < -0.3 is 20.3 Å². The lowest BCUT2D eigenvalue weighted by Crippen LogP contribution is -2.25. The summed E-state index contributed by atoms with van der Waals surface area (Å²) >= 11 is 0. The van der Waals surface area contributed by atoms with Gasteiger partial charge in [-0.2, -0.15) is 15.0 Å². The fraction of sp³-hybridized carbons (Fsp3) is 0.786. The summed E-state index contributed by atoms with van der Waals surface area (Å²) in [5.41, 5.74) is 0. The highest BCUT2D eigenvalue weighted by molar-refractivity contribution is 5.43. The second-order valence-electron chi connectivity index (χ2n) is 4.65. The first-order valence-corrected chi connectivity index (χ1v) is 7.72. The minimum absolute atomic E-state index is 0.613. The molecule has 0 amide bonds. The van der Waals surface area contributed by atoms with Gasteiger partial charge in [0.05, 0.1) is 0 Å². The highest BCUT2D eigenvalue weighted by Crippen LogP contribution is 2.13. The molecule has 1 aromatic heterocycles. The molecule has 7 nitrogen and oxygen atoms in total. The van der Waals surface area contributed by atoms with Crippen LogP contribution >= 0.6 is 0 Å². The van der Waals surface area contributed by atoms with Gasteiger partial charge in [-0.1, -0.05) is 6.92 Å². The van der Waals surface area contributed by atoms with Crippen LogP contribution in [0.2, 0.25) is 0 Å². The van der Waals surface area contributed by atoms with Gasteiger partial charge in [0, 0.05) is 39.9 Å². The monoisotopic (exact) mass is 296 g/mol. The highest BCUT2D eigenvalue weighted by Gasteiger charge is 2.10. The van der Waals surface area contributed by atoms with Crippen LogP contribution in [-0.2, 0) is 4.74 Å². The maximum atomic E-state index is 5.04. The van der Waals surface area contributed by atoms with Crippen molar-refractivity contribution in [2.75, 3.05) is 55.4 Å². The normalized spacial score (nSPS) is 10.5. The van der Waals surface area contributed by atoms with E-state index >= 15 is 0 Å². The molecule has 0 aromatic carbocycles. The molecule has 0 aliphatic heterocycles. The lowest BCUT2D eigenvalue weighted by molar-refractivity contribution is 0.197. The van der Waals surface area contributed by atoms with Gasteiger partial charge in [-0.3, -0.25) is 0 Å². The number of nitrogens with zero attached hydrogens (tertiary/aromatic N) is 4. The zero-order valence-corrected chi connectivity index (χ0v) is 13.6. The van der Waals surface area contributed by atoms with Crippen molar-refractivity contribution < 1.29 is 4.74 Å². The van der Waals surface area contributed by atoms with Crippen LogP contribution in [0.1, 0.15) is 33.6 Å². The SMILES string of the molecule is CCCNc1nc(NCCCOC)nc(N(CC)CC)n1. The molecule has 0 saturated carbocycles. The van der Waals surface area contributed by atoms with Crippen LogP contribution in [0.25, 0.3) is 0 Å². The van der Waals surface area contributed by atoms with E-state index in [-0.39, 0.29) is 0 Å². The first kappa shape index (κ1) is 17.4. The summed E-state index contributed by atoms with van der Waals surface area (Å²) in [5, 5.41) is 6.46. The molecular weight excluding hydrogens is 268 g/mol. The van der Waals surface area contributed by atoms with Crippen LogP contribution in [0, 0.1) is 0 Å². The molecule has 0 fully saturated rings. The topological polar surface area (TPSA) is 75.2 Å². The maximum Gasteiger partial charge on any atom is 0.231 e. The standard InChI is InChI=1S/C14H28N6O/c1-5-9-15-12-17-13(16-10-8-11-21-4)19-14(18-12)20(6-2)7-3/h5-11H2,1-4H3,(H2,15,16,17,18,19). The van der Waals surface area contributed by atoms with Gasteiger partial charge in [0.2, 0.25) is 17.8 Å². The van der Waals surface area contributed by atoms with Crippen molar-refractivity contribution in [3.8, 4) is 0 Å². The molecule has 21 heavy (non-hydrogen) atoms. The molecule has 7 heteroatoms. The predicted molar refractivity (Wildman–Crippen MR) is 87.2 cm³/mol. The first-order valence-electron chi connectivity index (χ1n) is 7.72. The number of hydrogen-bond acceptors (Lipinski definition) is 7. The van der Waals surface area contributed by atoms with E-state index < -0.39 is 0 Å². The molecule has 0 radical (unpaired) electrons. The second kappa shape index (κ2) is 10.1. The highest BCUT2D eigenvalue weighted by atomic mass is 16.5. The van der Waals surface area contributed by atoms with Crippen LogP contribution in [0.3, 0.4) is 0 Å². The third-order valence-electron chi connectivity index (χ3n) is 3.01. The molecule has 0 atom stereocenters. The van der Waals surface area contributed by atoms with Crippen molar-refractivity contribution in [3.63, 3.8) is 0 Å². The summed E-state index contributed by atoms with van der Waals surface area (Å²) < 4.78 is 5.04. The van der Waals surface area contributed by atoms with E-state index in [2.05, 4.69) is 51.3 Å². The van der Waals surface area contributed by atoms with Crippen LogP contribution in [0.4, 0.5) is 17.8 Å². The Labute approximate surface area is 127 Å². The van der Waals surface area contributed by atoms with Gasteiger partial charge in [-0.15, -0.1) is 0 Å². The number of aromatic nitrogens is 3. The lowest BCUT2D eigenvalue weighted by atomic mass is 10.4. The number of ether oxygens (including phenoxy) is 1. The summed E-state index contributed by atoms with van der Waals surface area (Å²) in [5.74, 6) is 1.95. The Morgan fingerprint density at radius 2 is 1.57 bits per heavy atom. The van der Waals surface area contributed by atoms with Crippen molar-refractivity contribution in [2.24, 2.45) is 0 Å². The summed E-state index contributed by atoms with van der Waals surface area (Å²) in [6.07, 6.45) is 1.95. The minimum atomic E-state index is 0.613. The zero-order valence-electron chi connectivity index (χ0n) is 13.6. The predicted octanol–water partition coefficient (Wildman–Crippen LogP) is 1.99. The summed E-state index contributed by atoms with van der Waals surface area (Å²) in [6.45, 7) is 10.4. The lowest BCUT2D eigenvalue weighted by Gasteiger charge is -2.19. The molecule has 0 saturated heterocycles. The first-order chi connectivity index (χ1) is 10.2. The Morgan fingerprint density at radius 3 is 2.10 bits per heavy atom. The molecule has 1 rings (SSSR count). The zero-order chi connectivity index (χ0) is 15.5. The molecule has 0 aliphatic rings. The van der Waals surface area contributed by atoms with Crippen molar-refractivity contribution >= 4 is 17.8 Å². The number of methoxy groups -OCH3 is 1. The van der Waals surface area contributed by atoms with Crippen molar-refractivity contribution in [3.05, 3.63) is 0 Å². The van der Waals surface area contributed by atoms with Gasteiger partial charge in [-0.05, 0) is 26.7 Å². The Hall–Kier alpha value is -1.63. The van der Waals surface area contributed by atoms with E-state index in [1.54, 1.807) is 7.11 Å². The van der Waals surface area contributed by atoms with Gasteiger partial charge in [0.1, 0.15) is 0 Å². The summed E-state index contributed by atoms with van der Waals surface area (Å²) in [6, 6.07) is 0. The molecule has 0 spiro atoms. The van der Waals surface area contributed by atoms with Gasteiger partial charge in [-0.25, -0.2) is 0 Å². The van der Waals surface area contributed by atoms with E-state index in [4.69, 9.17) is 4.74 Å². The Balaban J connectivity index is 2.81. The molecule has 120 valence electrons. The fourth-order valence-electron chi connectivity index (χ4n) is 1.82. The fourth-order valence-corrected chi connectivity index (χ4v) is 1.82. The minimum Gasteiger partial charge on any atom is -0.385 e. The van der Waals surface area contributed by atoms with Gasteiger partial charge in [0.25, 0.3) is 0 Å². The van der Waals surface area contributed by atoms with Gasteiger partial charge in [0.15, 0.2) is 0 Å². The number of nitrogens with one attached hydrogen (secondary N) is 2. The number of hydrogen-bond donors (Lipinski definition) is 2. The number of rotatable bonds is 11. The molecular formula is C14H28N6O. The van der Waals surface area contributed by atoms with Gasteiger partial charge >= 0.3 is 0 Å². The third-order valence-corrected chi connectivity index (χ3v) is 3.01. The van der Waals surface area contributed by atoms with Crippen molar-refractivity contribution in [1.82, 2.24) is 15.0 Å². The molecule has 0 aliphatic carbocycles. The van der Waals surface area contributed by atoms with Crippen LogP contribution in [0.15, 0.2) is 0 Å². The molecule has 0 bridgehead atoms. The van der Waals surface area contributed by atoms with Crippen LogP contribution in [0.5, 0.6) is 0 Å². The Morgan fingerprint density at radius 1 is 0.952 bits per heavy atom. The number of anilines is 3. The third kappa shape index (κ3) is 6.12. The summed E-state index contributed by atoms with van der Waals surface area (Å²) in [4.78, 5) is 15.5. The maximum absolute atomic E-state index is 5.04. The van der Waals surface area contributed by atoms with Crippen LogP contribution in [-0.4, -0.2) is 54.8 Å². The molecule has 1 heterocycles. The molecule has 1 aromatic rings. The van der Waals surface area contributed by atoms with E-state index in [1.165, 1.54) is 0 Å². The average molecular weight is 296 g/mol. The smallest absolute Gasteiger partial charge is 0.231 e. The van der Waals surface area contributed by atoms with E-state index in [1.807, 2.05) is 0 Å². The Bertz CT molecular complexity index is 397. The van der Waals surface area contributed by atoms with E-state index in [9.17, 15) is 0 Å². The largest absolute Gasteiger partial charge is 0.385 e. The molecule has 0 unspecified atom stereocenters. The second-order valence-corrected chi connectivity index (χ2v) is 4.65. The van der Waals surface area contributed by atoms with Crippen molar-refractivity contribution in [2.45, 2.75) is 33.6 Å². The average Bonchev–Trinajstić information content (AvgIpc) is 2.51. The van der Waals surface area contributed by atoms with Crippen molar-refractivity contribution in [1.29, 1.82) is 0 Å². The molecule has 2 N–H and O–H groups in total. The van der Waals surface area contributed by atoms with E-state index in [0.29, 0.717) is 17.8 Å².